The van der Waals surface area contributed by atoms with Crippen molar-refractivity contribution < 1.29 is 4.79 Å². The number of benzene rings is 1. The first kappa shape index (κ1) is 11.3. The van der Waals surface area contributed by atoms with E-state index < -0.39 is 0 Å². The summed E-state index contributed by atoms with van der Waals surface area (Å²) in [6, 6.07) is 8.12. The van der Waals surface area contributed by atoms with E-state index in [0.29, 0.717) is 0 Å². The molecule has 0 aliphatic carbocycles. The Bertz CT molecular complexity index is 403. The Labute approximate surface area is 97.1 Å². The fraction of sp³-hybridized carbons (Fsp3) is 0.500. The summed E-state index contributed by atoms with van der Waals surface area (Å²) in [6.07, 6.45) is 1.02. The molecule has 16 heavy (non-hydrogen) atoms. The maximum Gasteiger partial charge on any atom is 0.159 e. The molecule has 1 aliphatic rings. The van der Waals surface area contributed by atoms with E-state index in [4.69, 9.17) is 0 Å². The van der Waals surface area contributed by atoms with Gasteiger partial charge in [0.2, 0.25) is 0 Å². The molecule has 2 nitrogen and oxygen atoms in total. The minimum atomic E-state index is -0.290. The van der Waals surface area contributed by atoms with Crippen LogP contribution >= 0.6 is 0 Å². The third-order valence-electron chi connectivity index (χ3n) is 3.11. The molecular weight excluding hydrogens is 198 g/mol. The van der Waals surface area contributed by atoms with Crippen molar-refractivity contribution >= 4 is 5.78 Å². The van der Waals surface area contributed by atoms with Gasteiger partial charge in [0.1, 0.15) is 0 Å². The molecule has 0 amide bonds. The third kappa shape index (κ3) is 2.03. The summed E-state index contributed by atoms with van der Waals surface area (Å²) < 4.78 is 0. The first-order chi connectivity index (χ1) is 7.50. The number of ketones is 1. The molecule has 2 rings (SSSR count). The fourth-order valence-corrected chi connectivity index (χ4v) is 2.17. The van der Waals surface area contributed by atoms with Crippen LogP contribution in [0.2, 0.25) is 0 Å². The lowest BCUT2D eigenvalue weighted by atomic mass is 9.81. The van der Waals surface area contributed by atoms with Gasteiger partial charge in [-0.25, -0.2) is 0 Å². The number of hydrogen-bond acceptors (Lipinski definition) is 2. The second kappa shape index (κ2) is 4.02. The van der Waals surface area contributed by atoms with Crippen molar-refractivity contribution in [3.8, 4) is 0 Å². The van der Waals surface area contributed by atoms with Gasteiger partial charge in [-0.2, -0.15) is 0 Å². The molecule has 1 aromatic rings. The topological polar surface area (TPSA) is 29.1 Å². The van der Waals surface area contributed by atoms with Crippen molar-refractivity contribution in [2.45, 2.75) is 33.2 Å². The minimum absolute atomic E-state index is 0.120. The predicted molar refractivity (Wildman–Crippen MR) is 65.4 cm³/mol. The standard InChI is InChI=1S/C14H19NO/c1-14(2,3)13(16)12-11-7-5-4-6-10(11)8-9-15-12/h4-7,12,15H,8-9H2,1-3H3. The molecule has 0 aromatic heterocycles. The van der Waals surface area contributed by atoms with Crippen molar-refractivity contribution in [2.24, 2.45) is 5.41 Å². The van der Waals surface area contributed by atoms with Crippen LogP contribution in [-0.2, 0) is 11.2 Å². The van der Waals surface area contributed by atoms with Crippen LogP contribution in [0.1, 0.15) is 37.9 Å². The highest BCUT2D eigenvalue weighted by Gasteiger charge is 2.32. The summed E-state index contributed by atoms with van der Waals surface area (Å²) in [4.78, 5) is 12.3. The monoisotopic (exact) mass is 217 g/mol. The molecule has 1 aliphatic heterocycles. The largest absolute Gasteiger partial charge is 0.303 e. The summed E-state index contributed by atoms with van der Waals surface area (Å²) in [5.74, 6) is 0.277. The SMILES string of the molecule is CC(C)(C)C(=O)C1NCCc2ccccc21. The van der Waals surface area contributed by atoms with E-state index in [2.05, 4.69) is 17.4 Å². The average Bonchev–Trinajstić information content (AvgIpc) is 2.26. The van der Waals surface area contributed by atoms with Crippen LogP contribution in [0, 0.1) is 5.41 Å². The number of rotatable bonds is 1. The van der Waals surface area contributed by atoms with Crippen molar-refractivity contribution in [1.82, 2.24) is 5.32 Å². The Hall–Kier alpha value is -1.15. The number of Topliss-reactive ketones (excluding diaryl/α,β-unsaturated/α-hetero) is 1. The summed E-state index contributed by atoms with van der Waals surface area (Å²) >= 11 is 0. The molecule has 1 unspecified atom stereocenters. The van der Waals surface area contributed by atoms with Gasteiger partial charge in [0.15, 0.2) is 5.78 Å². The highest BCUT2D eigenvalue weighted by atomic mass is 16.1. The smallest absolute Gasteiger partial charge is 0.159 e. The predicted octanol–water partition coefficient (Wildman–Crippen LogP) is 2.49. The average molecular weight is 217 g/mol. The summed E-state index contributed by atoms with van der Waals surface area (Å²) in [7, 11) is 0. The summed E-state index contributed by atoms with van der Waals surface area (Å²) in [5, 5.41) is 3.33. The third-order valence-corrected chi connectivity index (χ3v) is 3.11. The minimum Gasteiger partial charge on any atom is -0.303 e. The van der Waals surface area contributed by atoms with Crippen molar-refractivity contribution in [1.29, 1.82) is 0 Å². The van der Waals surface area contributed by atoms with Crippen LogP contribution in [0.15, 0.2) is 24.3 Å². The Morgan fingerprint density at radius 1 is 1.31 bits per heavy atom. The van der Waals surface area contributed by atoms with Crippen LogP contribution in [0.5, 0.6) is 0 Å². The van der Waals surface area contributed by atoms with Gasteiger partial charge in [0.05, 0.1) is 6.04 Å². The molecule has 0 saturated heterocycles. The maximum atomic E-state index is 12.3. The van der Waals surface area contributed by atoms with Crippen LogP contribution in [0.3, 0.4) is 0 Å². The number of fused-ring (bicyclic) bond motifs is 1. The van der Waals surface area contributed by atoms with Crippen molar-refractivity contribution in [2.75, 3.05) is 6.54 Å². The van der Waals surface area contributed by atoms with Gasteiger partial charge < -0.3 is 5.32 Å². The molecule has 1 atom stereocenters. The van der Waals surface area contributed by atoms with Gasteiger partial charge in [0.25, 0.3) is 0 Å². The summed E-state index contributed by atoms with van der Waals surface area (Å²) in [5.41, 5.74) is 2.18. The van der Waals surface area contributed by atoms with Crippen LogP contribution in [0.4, 0.5) is 0 Å². The van der Waals surface area contributed by atoms with Gasteiger partial charge in [-0.1, -0.05) is 45.0 Å². The zero-order valence-electron chi connectivity index (χ0n) is 10.2. The number of nitrogens with one attached hydrogen (secondary N) is 1. The van der Waals surface area contributed by atoms with E-state index in [1.807, 2.05) is 32.9 Å². The maximum absolute atomic E-state index is 12.3. The van der Waals surface area contributed by atoms with E-state index in [0.717, 1.165) is 18.5 Å². The molecule has 0 bridgehead atoms. The lowest BCUT2D eigenvalue weighted by Gasteiger charge is -2.30. The lowest BCUT2D eigenvalue weighted by molar-refractivity contribution is -0.128. The normalized spacial score (nSPS) is 20.3. The van der Waals surface area contributed by atoms with Gasteiger partial charge >= 0.3 is 0 Å². The molecule has 0 radical (unpaired) electrons. The van der Waals surface area contributed by atoms with Crippen molar-refractivity contribution in [3.05, 3.63) is 35.4 Å². The lowest BCUT2D eigenvalue weighted by Crippen LogP contribution is -2.40. The molecule has 1 N–H and O–H groups in total. The second-order valence-corrected chi connectivity index (χ2v) is 5.45. The van der Waals surface area contributed by atoms with Gasteiger partial charge in [-0.15, -0.1) is 0 Å². The molecule has 0 saturated carbocycles. The molecule has 1 aromatic carbocycles. The zero-order valence-corrected chi connectivity index (χ0v) is 10.2. The zero-order chi connectivity index (χ0) is 11.8. The van der Waals surface area contributed by atoms with E-state index >= 15 is 0 Å². The Morgan fingerprint density at radius 3 is 2.69 bits per heavy atom. The quantitative estimate of drug-likeness (QED) is 0.783. The molecule has 1 heterocycles. The number of hydrogen-bond donors (Lipinski definition) is 1. The van der Waals surface area contributed by atoms with E-state index in [1.54, 1.807) is 0 Å². The highest BCUT2D eigenvalue weighted by molar-refractivity contribution is 5.90. The van der Waals surface area contributed by atoms with Gasteiger partial charge in [-0.05, 0) is 17.5 Å². The van der Waals surface area contributed by atoms with E-state index in [1.165, 1.54) is 5.56 Å². The van der Waals surface area contributed by atoms with E-state index in [9.17, 15) is 4.79 Å². The number of carbonyl (C=O) groups is 1. The molecule has 0 fully saturated rings. The summed E-state index contributed by atoms with van der Waals surface area (Å²) in [6.45, 7) is 6.83. The molecular formula is C14H19NO. The first-order valence-electron chi connectivity index (χ1n) is 5.85. The number of carbonyl (C=O) groups excluding carboxylic acids is 1. The van der Waals surface area contributed by atoms with Crippen LogP contribution in [0.25, 0.3) is 0 Å². The van der Waals surface area contributed by atoms with Gasteiger partial charge in [-0.3, -0.25) is 4.79 Å². The molecule has 86 valence electrons. The Morgan fingerprint density at radius 2 is 2.00 bits per heavy atom. The Kier molecular flexibility index (Phi) is 2.85. The van der Waals surface area contributed by atoms with E-state index in [-0.39, 0.29) is 17.2 Å². The molecule has 0 spiro atoms. The van der Waals surface area contributed by atoms with Gasteiger partial charge in [0, 0.05) is 12.0 Å². The second-order valence-electron chi connectivity index (χ2n) is 5.45. The molecule has 2 heteroatoms. The Balaban J connectivity index is 2.36. The highest BCUT2D eigenvalue weighted by Crippen LogP contribution is 2.29. The van der Waals surface area contributed by atoms with Crippen LogP contribution < -0.4 is 5.32 Å². The fourth-order valence-electron chi connectivity index (χ4n) is 2.17. The van der Waals surface area contributed by atoms with Crippen molar-refractivity contribution in [3.63, 3.8) is 0 Å². The first-order valence-corrected chi connectivity index (χ1v) is 5.85. The van der Waals surface area contributed by atoms with Crippen LogP contribution in [-0.4, -0.2) is 12.3 Å².